The second-order valence-corrected chi connectivity index (χ2v) is 3.52. The summed E-state index contributed by atoms with van der Waals surface area (Å²) in [5.74, 6) is 0. The molecule has 0 spiro atoms. The summed E-state index contributed by atoms with van der Waals surface area (Å²) < 4.78 is 0. The summed E-state index contributed by atoms with van der Waals surface area (Å²) in [5.41, 5.74) is 8.91. The second kappa shape index (κ2) is 3.35. The number of nitrogens with two attached hydrogens (primary N) is 1. The first-order valence-electron chi connectivity index (χ1n) is 4.65. The molecule has 2 rings (SSSR count). The number of nitrogens with zero attached hydrogens (tertiary/aromatic N) is 2. The lowest BCUT2D eigenvalue weighted by Gasteiger charge is -2.09. The highest BCUT2D eigenvalue weighted by Crippen LogP contribution is 2.19. The lowest BCUT2D eigenvalue weighted by molar-refractivity contribution is 0.803. The van der Waals surface area contributed by atoms with Crippen molar-refractivity contribution in [2.45, 2.75) is 19.9 Å². The molecule has 0 fully saturated rings. The standard InChI is InChI=1S/C11H13N3/c1-7(12)10-5-9-6-13-4-3-11(9)14-8(10)2/h3-7H,12H2,1-2H3/t7-/m0/s1. The zero-order chi connectivity index (χ0) is 10.1. The SMILES string of the molecule is Cc1nc2ccncc2cc1[C@H](C)N. The maximum Gasteiger partial charge on any atom is 0.0736 e. The molecule has 2 aromatic rings. The number of aromatic nitrogens is 2. The fourth-order valence-electron chi connectivity index (χ4n) is 1.59. The van der Waals surface area contributed by atoms with E-state index in [9.17, 15) is 0 Å². The molecule has 3 heteroatoms. The monoisotopic (exact) mass is 187 g/mol. The predicted octanol–water partition coefficient (Wildman–Crippen LogP) is 1.96. The average Bonchev–Trinajstić information content (AvgIpc) is 2.16. The maximum absolute atomic E-state index is 5.85. The quantitative estimate of drug-likeness (QED) is 0.742. The van der Waals surface area contributed by atoms with Crippen molar-refractivity contribution in [1.29, 1.82) is 0 Å². The minimum absolute atomic E-state index is 0.0205. The van der Waals surface area contributed by atoms with Gasteiger partial charge in [0, 0.05) is 29.5 Å². The first-order chi connectivity index (χ1) is 6.68. The van der Waals surface area contributed by atoms with Crippen LogP contribution < -0.4 is 5.73 Å². The molecule has 1 atom stereocenters. The molecule has 0 unspecified atom stereocenters. The number of hydrogen-bond acceptors (Lipinski definition) is 3. The van der Waals surface area contributed by atoms with Crippen molar-refractivity contribution in [2.75, 3.05) is 0 Å². The Morgan fingerprint density at radius 3 is 2.93 bits per heavy atom. The Kier molecular flexibility index (Phi) is 2.17. The number of rotatable bonds is 1. The molecule has 0 aromatic carbocycles. The number of pyridine rings is 2. The van der Waals surface area contributed by atoms with Crippen molar-refractivity contribution in [1.82, 2.24) is 9.97 Å². The van der Waals surface area contributed by atoms with Crippen molar-refractivity contribution in [2.24, 2.45) is 5.73 Å². The van der Waals surface area contributed by atoms with E-state index in [1.165, 1.54) is 0 Å². The zero-order valence-corrected chi connectivity index (χ0v) is 8.36. The van der Waals surface area contributed by atoms with Crippen molar-refractivity contribution < 1.29 is 0 Å². The van der Waals surface area contributed by atoms with Crippen molar-refractivity contribution in [3.05, 3.63) is 35.8 Å². The van der Waals surface area contributed by atoms with E-state index in [1.807, 2.05) is 26.1 Å². The molecule has 2 aromatic heterocycles. The van der Waals surface area contributed by atoms with Gasteiger partial charge >= 0.3 is 0 Å². The van der Waals surface area contributed by atoms with Gasteiger partial charge in [-0.3, -0.25) is 9.97 Å². The molecular formula is C11H13N3. The minimum Gasteiger partial charge on any atom is -0.324 e. The molecule has 3 nitrogen and oxygen atoms in total. The Balaban J connectivity index is 2.71. The third kappa shape index (κ3) is 1.46. The first-order valence-corrected chi connectivity index (χ1v) is 4.65. The van der Waals surface area contributed by atoms with Crippen LogP contribution in [0.5, 0.6) is 0 Å². The summed E-state index contributed by atoms with van der Waals surface area (Å²) in [6.07, 6.45) is 3.56. The van der Waals surface area contributed by atoms with Crippen molar-refractivity contribution in [3.63, 3.8) is 0 Å². The van der Waals surface area contributed by atoms with E-state index in [1.54, 1.807) is 6.20 Å². The third-order valence-corrected chi connectivity index (χ3v) is 2.34. The van der Waals surface area contributed by atoms with Gasteiger partial charge in [0.25, 0.3) is 0 Å². The molecule has 0 radical (unpaired) electrons. The summed E-state index contributed by atoms with van der Waals surface area (Å²) in [6.45, 7) is 3.95. The van der Waals surface area contributed by atoms with Gasteiger partial charge in [-0.2, -0.15) is 0 Å². The van der Waals surface area contributed by atoms with Crippen LogP contribution in [0.15, 0.2) is 24.5 Å². The van der Waals surface area contributed by atoms with Gasteiger partial charge in [0.1, 0.15) is 0 Å². The highest BCUT2D eigenvalue weighted by molar-refractivity contribution is 5.78. The summed E-state index contributed by atoms with van der Waals surface area (Å²) in [4.78, 5) is 8.54. The largest absolute Gasteiger partial charge is 0.324 e. The predicted molar refractivity (Wildman–Crippen MR) is 56.9 cm³/mol. The molecule has 0 bridgehead atoms. The molecule has 0 aliphatic carbocycles. The molecule has 14 heavy (non-hydrogen) atoms. The second-order valence-electron chi connectivity index (χ2n) is 3.52. The van der Waals surface area contributed by atoms with Crippen LogP contribution in [0.4, 0.5) is 0 Å². The first kappa shape index (κ1) is 9.09. The van der Waals surface area contributed by atoms with Crippen LogP contribution in [-0.4, -0.2) is 9.97 Å². The molecule has 72 valence electrons. The van der Waals surface area contributed by atoms with Gasteiger partial charge in [-0.05, 0) is 31.5 Å². The fourth-order valence-corrected chi connectivity index (χ4v) is 1.59. The highest BCUT2D eigenvalue weighted by atomic mass is 14.7. The Morgan fingerprint density at radius 2 is 2.21 bits per heavy atom. The Hall–Kier alpha value is -1.48. The molecule has 0 amide bonds. The van der Waals surface area contributed by atoms with Crippen LogP contribution in [0.1, 0.15) is 24.2 Å². The molecule has 0 aliphatic heterocycles. The molecular weight excluding hydrogens is 174 g/mol. The van der Waals surface area contributed by atoms with E-state index in [0.717, 1.165) is 22.2 Å². The summed E-state index contributed by atoms with van der Waals surface area (Å²) in [6, 6.07) is 4.00. The summed E-state index contributed by atoms with van der Waals surface area (Å²) >= 11 is 0. The van der Waals surface area contributed by atoms with E-state index in [2.05, 4.69) is 16.0 Å². The smallest absolute Gasteiger partial charge is 0.0736 e. The van der Waals surface area contributed by atoms with E-state index in [0.29, 0.717) is 0 Å². The van der Waals surface area contributed by atoms with Gasteiger partial charge < -0.3 is 5.73 Å². The van der Waals surface area contributed by atoms with Gasteiger partial charge in [-0.1, -0.05) is 0 Å². The summed E-state index contributed by atoms with van der Waals surface area (Å²) in [7, 11) is 0. The highest BCUT2D eigenvalue weighted by Gasteiger charge is 2.06. The normalized spacial score (nSPS) is 13.1. The molecule has 2 N–H and O–H groups in total. The van der Waals surface area contributed by atoms with Crippen LogP contribution in [0.25, 0.3) is 10.9 Å². The minimum atomic E-state index is 0.0205. The van der Waals surface area contributed by atoms with Gasteiger partial charge in [-0.15, -0.1) is 0 Å². The molecule has 0 saturated carbocycles. The van der Waals surface area contributed by atoms with Crippen molar-refractivity contribution in [3.8, 4) is 0 Å². The van der Waals surface area contributed by atoms with E-state index in [-0.39, 0.29) is 6.04 Å². The fraction of sp³-hybridized carbons (Fsp3) is 0.273. The van der Waals surface area contributed by atoms with Gasteiger partial charge in [0.05, 0.1) is 5.52 Å². The average molecular weight is 187 g/mol. The number of fused-ring (bicyclic) bond motifs is 1. The Morgan fingerprint density at radius 1 is 1.43 bits per heavy atom. The molecule has 2 heterocycles. The van der Waals surface area contributed by atoms with Crippen LogP contribution in [-0.2, 0) is 0 Å². The van der Waals surface area contributed by atoms with Crippen LogP contribution in [0.3, 0.4) is 0 Å². The molecule has 0 aliphatic rings. The van der Waals surface area contributed by atoms with Gasteiger partial charge in [-0.25, -0.2) is 0 Å². The lowest BCUT2D eigenvalue weighted by Crippen LogP contribution is -2.08. The summed E-state index contributed by atoms with van der Waals surface area (Å²) in [5, 5.41) is 1.05. The van der Waals surface area contributed by atoms with E-state index >= 15 is 0 Å². The number of hydrogen-bond donors (Lipinski definition) is 1. The third-order valence-electron chi connectivity index (χ3n) is 2.34. The van der Waals surface area contributed by atoms with Crippen LogP contribution in [0, 0.1) is 6.92 Å². The topological polar surface area (TPSA) is 51.8 Å². The van der Waals surface area contributed by atoms with Crippen LogP contribution in [0.2, 0.25) is 0 Å². The van der Waals surface area contributed by atoms with Gasteiger partial charge in [0.15, 0.2) is 0 Å². The Bertz CT molecular complexity index is 463. The number of aryl methyl sites for hydroxylation is 1. The van der Waals surface area contributed by atoms with Crippen molar-refractivity contribution >= 4 is 10.9 Å². The Labute approximate surface area is 83.0 Å². The van der Waals surface area contributed by atoms with E-state index < -0.39 is 0 Å². The zero-order valence-electron chi connectivity index (χ0n) is 8.36. The van der Waals surface area contributed by atoms with Gasteiger partial charge in [0.2, 0.25) is 0 Å². The van der Waals surface area contributed by atoms with E-state index in [4.69, 9.17) is 5.73 Å². The van der Waals surface area contributed by atoms with Crippen LogP contribution >= 0.6 is 0 Å². The lowest BCUT2D eigenvalue weighted by atomic mass is 10.1. The maximum atomic E-state index is 5.85. The molecule has 0 saturated heterocycles.